The van der Waals surface area contributed by atoms with Crippen LogP contribution in [0.4, 0.5) is 0 Å². The molecule has 8 heteroatoms. The third-order valence-corrected chi connectivity index (χ3v) is 2.94. The van der Waals surface area contributed by atoms with Crippen LogP contribution in [0.25, 0.3) is 11.0 Å². The van der Waals surface area contributed by atoms with E-state index in [1.165, 1.54) is 0 Å². The first-order chi connectivity index (χ1) is 8.62. The lowest BCUT2D eigenvalue weighted by atomic mass is 10.3. The maximum absolute atomic E-state index is 10.6. The molecule has 0 radical (unpaired) electrons. The number of nitroso groups, excluding NO2 is 1. The molecule has 0 aliphatic carbocycles. The number of aromatic nitrogens is 3. The number of imidazole rings is 1. The minimum absolute atomic E-state index is 0.133. The van der Waals surface area contributed by atoms with Gasteiger partial charge in [0.25, 0.3) is 0 Å². The second kappa shape index (κ2) is 4.88. The lowest BCUT2D eigenvalue weighted by molar-refractivity contribution is 0.686. The van der Waals surface area contributed by atoms with E-state index in [0.717, 1.165) is 0 Å². The van der Waals surface area contributed by atoms with E-state index in [2.05, 4.69) is 15.1 Å². The van der Waals surface area contributed by atoms with Crippen molar-refractivity contribution in [2.45, 2.75) is 19.5 Å². The van der Waals surface area contributed by atoms with Gasteiger partial charge in [-0.3, -0.25) is 0 Å². The van der Waals surface area contributed by atoms with Crippen LogP contribution in [0.1, 0.15) is 18.8 Å². The molecule has 1 unspecified atom stereocenters. The molecule has 0 fully saturated rings. The standard InChI is InChI=1S/C10H7Cl2N5O/c1-2-17-6-3-7(11)14-9(12)8(6)15-10(17)5(4-13)16-18/h3,5H,2H2,1H3. The van der Waals surface area contributed by atoms with Crippen LogP contribution in [-0.2, 0) is 6.54 Å². The number of rotatable bonds is 3. The normalized spacial score (nSPS) is 12.3. The highest BCUT2D eigenvalue weighted by Crippen LogP contribution is 2.28. The number of pyridine rings is 1. The minimum Gasteiger partial charge on any atom is -0.325 e. The largest absolute Gasteiger partial charge is 0.325 e. The second-order valence-electron chi connectivity index (χ2n) is 3.45. The van der Waals surface area contributed by atoms with Crippen molar-refractivity contribution in [2.75, 3.05) is 0 Å². The predicted octanol–water partition coefficient (Wildman–Crippen LogP) is 3.09. The van der Waals surface area contributed by atoms with E-state index in [9.17, 15) is 4.91 Å². The third kappa shape index (κ3) is 1.92. The fraction of sp³-hybridized carbons (Fsp3) is 0.300. The summed E-state index contributed by atoms with van der Waals surface area (Å²) in [4.78, 5) is 18.7. The molecule has 0 saturated carbocycles. The number of aryl methyl sites for hydroxylation is 1. The summed E-state index contributed by atoms with van der Waals surface area (Å²) in [6.45, 7) is 2.36. The summed E-state index contributed by atoms with van der Waals surface area (Å²) in [6.07, 6.45) is 0. The summed E-state index contributed by atoms with van der Waals surface area (Å²) < 4.78 is 1.67. The van der Waals surface area contributed by atoms with E-state index < -0.39 is 6.04 Å². The van der Waals surface area contributed by atoms with Gasteiger partial charge in [0.15, 0.2) is 11.0 Å². The van der Waals surface area contributed by atoms with E-state index in [4.69, 9.17) is 28.5 Å². The molecule has 0 aromatic carbocycles. The molecule has 0 amide bonds. The van der Waals surface area contributed by atoms with E-state index in [0.29, 0.717) is 17.6 Å². The molecule has 0 bridgehead atoms. The van der Waals surface area contributed by atoms with Gasteiger partial charge >= 0.3 is 0 Å². The summed E-state index contributed by atoms with van der Waals surface area (Å²) in [5.41, 5.74) is 1.03. The SMILES string of the molecule is CCn1c(C(C#N)N=O)nc2c(Cl)nc(Cl)cc21. The van der Waals surface area contributed by atoms with Crippen LogP contribution >= 0.6 is 23.2 Å². The molecule has 2 aromatic heterocycles. The van der Waals surface area contributed by atoms with E-state index >= 15 is 0 Å². The fourth-order valence-electron chi connectivity index (χ4n) is 1.74. The van der Waals surface area contributed by atoms with Gasteiger partial charge in [-0.05, 0) is 12.1 Å². The third-order valence-electron chi connectivity index (χ3n) is 2.48. The lowest BCUT2D eigenvalue weighted by Crippen LogP contribution is -2.04. The first kappa shape index (κ1) is 12.7. The van der Waals surface area contributed by atoms with Crippen LogP contribution in [0.15, 0.2) is 11.2 Å². The molecule has 1 atom stereocenters. The van der Waals surface area contributed by atoms with Gasteiger partial charge in [0.2, 0.25) is 6.04 Å². The Balaban J connectivity index is 2.80. The van der Waals surface area contributed by atoms with Crippen LogP contribution in [0.5, 0.6) is 0 Å². The Morgan fingerprint density at radius 3 is 2.83 bits per heavy atom. The fourth-order valence-corrected chi connectivity index (χ4v) is 2.20. The number of fused-ring (bicyclic) bond motifs is 1. The zero-order valence-corrected chi connectivity index (χ0v) is 10.8. The number of halogens is 2. The molecule has 0 N–H and O–H groups in total. The molecule has 2 rings (SSSR count). The van der Waals surface area contributed by atoms with Gasteiger partial charge in [-0.1, -0.05) is 23.2 Å². The molecular weight excluding hydrogens is 277 g/mol. The molecule has 92 valence electrons. The Labute approximate surface area is 112 Å². The van der Waals surface area contributed by atoms with Crippen LogP contribution < -0.4 is 0 Å². The van der Waals surface area contributed by atoms with Gasteiger partial charge in [-0.15, -0.1) is 4.91 Å². The number of hydrogen-bond acceptors (Lipinski definition) is 5. The number of hydrogen-bond donors (Lipinski definition) is 0. The monoisotopic (exact) mass is 283 g/mol. The van der Waals surface area contributed by atoms with Crippen molar-refractivity contribution in [3.63, 3.8) is 0 Å². The summed E-state index contributed by atoms with van der Waals surface area (Å²) in [7, 11) is 0. The van der Waals surface area contributed by atoms with Gasteiger partial charge in [0, 0.05) is 12.6 Å². The minimum atomic E-state index is -1.17. The van der Waals surface area contributed by atoms with Gasteiger partial charge < -0.3 is 4.57 Å². The topological polar surface area (TPSA) is 83.9 Å². The number of nitrogens with zero attached hydrogens (tertiary/aromatic N) is 5. The molecule has 0 saturated heterocycles. The Hall–Kier alpha value is -1.71. The first-order valence-electron chi connectivity index (χ1n) is 5.06. The van der Waals surface area contributed by atoms with Gasteiger partial charge in [-0.25, -0.2) is 9.97 Å². The van der Waals surface area contributed by atoms with Gasteiger partial charge in [0.1, 0.15) is 16.7 Å². The lowest BCUT2D eigenvalue weighted by Gasteiger charge is -2.05. The predicted molar refractivity (Wildman–Crippen MR) is 67.4 cm³/mol. The molecule has 0 aliphatic rings. The molecular formula is C10H7Cl2N5O. The average molecular weight is 284 g/mol. The number of nitriles is 1. The molecule has 2 aromatic rings. The van der Waals surface area contributed by atoms with Crippen LogP contribution in [0.2, 0.25) is 10.3 Å². The summed E-state index contributed by atoms with van der Waals surface area (Å²) >= 11 is 11.8. The van der Waals surface area contributed by atoms with E-state index in [1.54, 1.807) is 16.7 Å². The molecule has 18 heavy (non-hydrogen) atoms. The van der Waals surface area contributed by atoms with Crippen LogP contribution in [0.3, 0.4) is 0 Å². The highest BCUT2D eigenvalue weighted by Gasteiger charge is 2.21. The Morgan fingerprint density at radius 2 is 2.28 bits per heavy atom. The highest BCUT2D eigenvalue weighted by atomic mass is 35.5. The smallest absolute Gasteiger partial charge is 0.235 e. The van der Waals surface area contributed by atoms with Crippen molar-refractivity contribution in [2.24, 2.45) is 5.18 Å². The first-order valence-corrected chi connectivity index (χ1v) is 5.82. The Kier molecular flexibility index (Phi) is 3.45. The maximum atomic E-state index is 10.6. The van der Waals surface area contributed by atoms with Crippen molar-refractivity contribution in [3.8, 4) is 6.07 Å². The second-order valence-corrected chi connectivity index (χ2v) is 4.20. The average Bonchev–Trinajstić information content (AvgIpc) is 2.69. The summed E-state index contributed by atoms with van der Waals surface area (Å²) in [5.74, 6) is 0.246. The van der Waals surface area contributed by atoms with Crippen molar-refractivity contribution in [1.29, 1.82) is 5.26 Å². The van der Waals surface area contributed by atoms with Crippen molar-refractivity contribution in [1.82, 2.24) is 14.5 Å². The Morgan fingerprint density at radius 1 is 1.56 bits per heavy atom. The van der Waals surface area contributed by atoms with Gasteiger partial charge in [0.05, 0.1) is 5.52 Å². The van der Waals surface area contributed by atoms with Crippen molar-refractivity contribution >= 4 is 34.2 Å². The van der Waals surface area contributed by atoms with Crippen LogP contribution in [0, 0.1) is 16.2 Å². The highest BCUT2D eigenvalue weighted by molar-refractivity contribution is 6.36. The quantitative estimate of drug-likeness (QED) is 0.640. The molecule has 2 heterocycles. The van der Waals surface area contributed by atoms with E-state index in [1.807, 2.05) is 6.92 Å². The molecule has 0 aliphatic heterocycles. The molecule has 6 nitrogen and oxygen atoms in total. The van der Waals surface area contributed by atoms with E-state index in [-0.39, 0.29) is 16.1 Å². The van der Waals surface area contributed by atoms with Crippen molar-refractivity contribution < 1.29 is 0 Å². The summed E-state index contributed by atoms with van der Waals surface area (Å²) in [6, 6.07) is 2.19. The summed E-state index contributed by atoms with van der Waals surface area (Å²) in [5, 5.41) is 12.0. The molecule has 0 spiro atoms. The maximum Gasteiger partial charge on any atom is 0.235 e. The van der Waals surface area contributed by atoms with Crippen molar-refractivity contribution in [3.05, 3.63) is 27.1 Å². The zero-order valence-electron chi connectivity index (χ0n) is 9.26. The van der Waals surface area contributed by atoms with Crippen LogP contribution in [-0.4, -0.2) is 14.5 Å². The van der Waals surface area contributed by atoms with Gasteiger partial charge in [-0.2, -0.15) is 5.26 Å². The Bertz CT molecular complexity index is 660. The zero-order chi connectivity index (χ0) is 13.3.